The lowest BCUT2D eigenvalue weighted by atomic mass is 10.1. The van der Waals surface area contributed by atoms with Crippen molar-refractivity contribution in [3.05, 3.63) is 39.4 Å². The molecule has 0 saturated heterocycles. The number of nitro benzene ring substituents is 1. The number of carbonyl (C=O) groups excluding carboxylic acids is 1. The second-order valence-electron chi connectivity index (χ2n) is 4.06. The first-order valence-corrected chi connectivity index (χ1v) is 6.74. The van der Waals surface area contributed by atoms with Gasteiger partial charge in [0.25, 0.3) is 5.69 Å². The number of aryl methyl sites for hydroxylation is 1. The van der Waals surface area contributed by atoms with E-state index in [9.17, 15) is 14.9 Å². The van der Waals surface area contributed by atoms with Crippen molar-refractivity contribution in [1.29, 1.82) is 0 Å². The van der Waals surface area contributed by atoms with Crippen LogP contribution in [0.5, 0.6) is 0 Å². The number of hydrogen-bond acceptors (Lipinski definition) is 5. The Balaban J connectivity index is 2.74. The van der Waals surface area contributed by atoms with Crippen LogP contribution in [0.1, 0.15) is 24.5 Å². The average Bonchev–Trinajstić information content (AvgIpc) is 2.31. The first kappa shape index (κ1) is 15.2. The van der Waals surface area contributed by atoms with Gasteiger partial charge >= 0.3 is 0 Å². The maximum atomic E-state index is 10.7. The highest BCUT2D eigenvalue weighted by Crippen LogP contribution is 2.25. The van der Waals surface area contributed by atoms with E-state index >= 15 is 0 Å². The van der Waals surface area contributed by atoms with Gasteiger partial charge in [-0.2, -0.15) is 0 Å². The summed E-state index contributed by atoms with van der Waals surface area (Å²) in [5, 5.41) is 10.8. The van der Waals surface area contributed by atoms with E-state index in [0.717, 1.165) is 17.7 Å². The van der Waals surface area contributed by atoms with Crippen molar-refractivity contribution in [1.82, 2.24) is 0 Å². The molecule has 5 nitrogen and oxygen atoms in total. The van der Waals surface area contributed by atoms with Crippen molar-refractivity contribution < 1.29 is 9.72 Å². The van der Waals surface area contributed by atoms with Gasteiger partial charge in [0.2, 0.25) is 0 Å². The molecule has 0 aliphatic heterocycles. The van der Waals surface area contributed by atoms with Gasteiger partial charge in [-0.15, -0.1) is 0 Å². The Morgan fingerprint density at radius 3 is 2.79 bits per heavy atom. The molecule has 0 fully saturated rings. The van der Waals surface area contributed by atoms with Crippen LogP contribution in [0.2, 0.25) is 0 Å². The number of thioether (sulfide) groups is 1. The molecule has 0 aliphatic rings. The summed E-state index contributed by atoms with van der Waals surface area (Å²) >= 11 is 1.27. The predicted octanol–water partition coefficient (Wildman–Crippen LogP) is 3.17. The zero-order valence-electron chi connectivity index (χ0n) is 10.9. The fourth-order valence-corrected chi connectivity index (χ4v) is 2.10. The molecule has 0 amide bonds. The summed E-state index contributed by atoms with van der Waals surface area (Å²) in [6.45, 7) is 3.21. The summed E-state index contributed by atoms with van der Waals surface area (Å²) in [4.78, 5) is 21.0. The molecule has 0 atom stereocenters. The van der Waals surface area contributed by atoms with Crippen molar-refractivity contribution in [2.45, 2.75) is 20.3 Å². The van der Waals surface area contributed by atoms with Crippen molar-refractivity contribution >= 4 is 34.3 Å². The molecular formula is C13H16N2O3S. The van der Waals surface area contributed by atoms with Gasteiger partial charge in [0.15, 0.2) is 5.12 Å². The van der Waals surface area contributed by atoms with E-state index in [0.29, 0.717) is 11.3 Å². The summed E-state index contributed by atoms with van der Waals surface area (Å²) in [7, 11) is 0. The molecule has 1 aromatic rings. The maximum Gasteiger partial charge on any atom is 0.274 e. The second kappa shape index (κ2) is 6.94. The Kier molecular flexibility index (Phi) is 5.57. The highest BCUT2D eigenvalue weighted by molar-refractivity contribution is 8.13. The Morgan fingerprint density at radius 2 is 2.21 bits per heavy atom. The van der Waals surface area contributed by atoms with E-state index in [-0.39, 0.29) is 10.8 Å². The summed E-state index contributed by atoms with van der Waals surface area (Å²) in [6.07, 6.45) is 4.49. The molecule has 102 valence electrons. The van der Waals surface area contributed by atoms with Gasteiger partial charge in [0, 0.05) is 30.0 Å². The van der Waals surface area contributed by atoms with Gasteiger partial charge < -0.3 is 5.73 Å². The van der Waals surface area contributed by atoms with Crippen molar-refractivity contribution in [2.75, 3.05) is 11.5 Å². The minimum atomic E-state index is -0.442. The van der Waals surface area contributed by atoms with Gasteiger partial charge in [-0.05, 0) is 25.0 Å². The molecule has 0 radical (unpaired) electrons. The maximum absolute atomic E-state index is 10.7. The number of allylic oxidation sites excluding steroid dienone is 1. The smallest absolute Gasteiger partial charge is 0.274 e. The van der Waals surface area contributed by atoms with Gasteiger partial charge in [0.1, 0.15) is 0 Å². The zero-order valence-corrected chi connectivity index (χ0v) is 11.7. The first-order valence-electron chi connectivity index (χ1n) is 5.76. The lowest BCUT2D eigenvalue weighted by Crippen LogP contribution is -1.96. The van der Waals surface area contributed by atoms with Crippen LogP contribution in [-0.4, -0.2) is 15.8 Å². The van der Waals surface area contributed by atoms with Gasteiger partial charge in [-0.25, -0.2) is 0 Å². The van der Waals surface area contributed by atoms with E-state index in [2.05, 4.69) is 0 Å². The van der Waals surface area contributed by atoms with Crippen LogP contribution in [0.15, 0.2) is 18.2 Å². The molecule has 6 heteroatoms. The monoisotopic (exact) mass is 280 g/mol. The van der Waals surface area contributed by atoms with Crippen molar-refractivity contribution in [2.24, 2.45) is 0 Å². The lowest BCUT2D eigenvalue weighted by Gasteiger charge is -2.03. The standard InChI is InChI=1S/C13H16N2O3S/c1-9-7-11(5-3-4-6-19-10(2)16)12(14)8-13(9)15(17)18/h3,5,7-8H,4,6,14H2,1-2H3. The van der Waals surface area contributed by atoms with Crippen LogP contribution in [0.4, 0.5) is 11.4 Å². The Morgan fingerprint density at radius 1 is 1.53 bits per heavy atom. The summed E-state index contributed by atoms with van der Waals surface area (Å²) in [6, 6.07) is 3.07. The van der Waals surface area contributed by atoms with E-state index in [1.165, 1.54) is 24.8 Å². The number of carbonyl (C=O) groups is 1. The summed E-state index contributed by atoms with van der Waals surface area (Å²) in [5.41, 5.74) is 7.53. The normalized spacial score (nSPS) is 10.8. The van der Waals surface area contributed by atoms with E-state index in [1.54, 1.807) is 13.0 Å². The minimum Gasteiger partial charge on any atom is -0.398 e. The van der Waals surface area contributed by atoms with Crippen LogP contribution in [0.3, 0.4) is 0 Å². The van der Waals surface area contributed by atoms with Gasteiger partial charge in [-0.1, -0.05) is 23.9 Å². The topological polar surface area (TPSA) is 86.2 Å². The summed E-state index contributed by atoms with van der Waals surface area (Å²) < 4.78 is 0. The third-order valence-electron chi connectivity index (χ3n) is 2.49. The molecule has 1 rings (SSSR count). The van der Waals surface area contributed by atoms with Crippen LogP contribution >= 0.6 is 11.8 Å². The highest BCUT2D eigenvalue weighted by atomic mass is 32.2. The number of benzene rings is 1. The largest absolute Gasteiger partial charge is 0.398 e. The van der Waals surface area contributed by atoms with Crippen LogP contribution in [0.25, 0.3) is 6.08 Å². The molecule has 19 heavy (non-hydrogen) atoms. The van der Waals surface area contributed by atoms with E-state index < -0.39 is 4.92 Å². The van der Waals surface area contributed by atoms with E-state index in [1.807, 2.05) is 12.2 Å². The van der Waals surface area contributed by atoms with Gasteiger partial charge in [-0.3, -0.25) is 14.9 Å². The molecule has 0 heterocycles. The molecule has 0 aromatic heterocycles. The number of rotatable bonds is 5. The highest BCUT2D eigenvalue weighted by Gasteiger charge is 2.12. The van der Waals surface area contributed by atoms with Crippen molar-refractivity contribution in [3.63, 3.8) is 0 Å². The second-order valence-corrected chi connectivity index (χ2v) is 5.33. The molecule has 2 N–H and O–H groups in total. The molecular weight excluding hydrogens is 264 g/mol. The molecule has 1 aromatic carbocycles. The molecule has 0 bridgehead atoms. The Bertz CT molecular complexity index is 527. The van der Waals surface area contributed by atoms with Crippen molar-refractivity contribution in [3.8, 4) is 0 Å². The zero-order chi connectivity index (χ0) is 14.4. The van der Waals surface area contributed by atoms with Crippen LogP contribution in [0, 0.1) is 17.0 Å². The number of nitro groups is 1. The van der Waals surface area contributed by atoms with Gasteiger partial charge in [0.05, 0.1) is 4.92 Å². The molecule has 0 unspecified atom stereocenters. The SMILES string of the molecule is CC(=O)SCCC=Cc1cc(C)c([N+](=O)[O-])cc1N. The first-order chi connectivity index (χ1) is 8.91. The predicted molar refractivity (Wildman–Crippen MR) is 79.0 cm³/mol. The number of nitrogens with two attached hydrogens (primary N) is 1. The summed E-state index contributed by atoms with van der Waals surface area (Å²) in [5.74, 6) is 0.720. The van der Waals surface area contributed by atoms with E-state index in [4.69, 9.17) is 5.73 Å². The molecule has 0 aliphatic carbocycles. The number of nitrogens with zero attached hydrogens (tertiary/aromatic N) is 1. The number of nitrogen functional groups attached to an aromatic ring is 1. The fraction of sp³-hybridized carbons (Fsp3) is 0.308. The van der Waals surface area contributed by atoms with Crippen LogP contribution < -0.4 is 5.73 Å². The lowest BCUT2D eigenvalue weighted by molar-refractivity contribution is -0.385. The minimum absolute atomic E-state index is 0.0294. The Labute approximate surface area is 116 Å². The number of anilines is 1. The Hall–Kier alpha value is -1.82. The van der Waals surface area contributed by atoms with Crippen LogP contribution in [-0.2, 0) is 4.79 Å². The number of hydrogen-bond donors (Lipinski definition) is 1. The average molecular weight is 280 g/mol. The fourth-order valence-electron chi connectivity index (χ4n) is 1.56. The molecule has 0 saturated carbocycles. The third-order valence-corrected chi connectivity index (χ3v) is 3.33. The quantitative estimate of drug-likeness (QED) is 0.387. The third kappa shape index (κ3) is 4.75. The molecule has 0 spiro atoms.